The SMILES string of the molecule is CCN(SSN(CC)C(=O)[O-])C(=O)[O-].[Na+].[Na+]. The van der Waals surface area contributed by atoms with Gasteiger partial charge in [-0.3, -0.25) is 8.61 Å². The van der Waals surface area contributed by atoms with Gasteiger partial charge in [-0.2, -0.15) is 0 Å². The number of carbonyl (C=O) groups excluding carboxylic acids is 2. The quantitative estimate of drug-likeness (QED) is 0.283. The molecule has 0 aromatic carbocycles. The smallest absolute Gasteiger partial charge is 0.529 e. The van der Waals surface area contributed by atoms with Crippen molar-refractivity contribution in [3.63, 3.8) is 0 Å². The van der Waals surface area contributed by atoms with Gasteiger partial charge in [0.1, 0.15) is 12.2 Å². The predicted octanol–water partition coefficient (Wildman–Crippen LogP) is -6.46. The zero-order chi connectivity index (χ0) is 11.1. The maximum atomic E-state index is 10.4. The van der Waals surface area contributed by atoms with Gasteiger partial charge in [-0.15, -0.1) is 0 Å². The van der Waals surface area contributed by atoms with Crippen LogP contribution in [0.4, 0.5) is 9.59 Å². The molecule has 2 amide bonds. The van der Waals surface area contributed by atoms with E-state index in [1.807, 2.05) is 0 Å². The first-order valence-electron chi connectivity index (χ1n) is 3.84. The third-order valence-corrected chi connectivity index (χ3v) is 3.72. The van der Waals surface area contributed by atoms with Crippen LogP contribution in [0.1, 0.15) is 13.8 Å². The number of hydrogen-bond acceptors (Lipinski definition) is 6. The molecule has 0 aliphatic carbocycles. The van der Waals surface area contributed by atoms with Crippen molar-refractivity contribution in [3.8, 4) is 0 Å². The second-order valence-electron chi connectivity index (χ2n) is 2.07. The van der Waals surface area contributed by atoms with E-state index >= 15 is 0 Å². The van der Waals surface area contributed by atoms with Crippen molar-refractivity contribution < 1.29 is 78.9 Å². The number of amides is 2. The number of carboxylic acid groups (broad SMARTS) is 2. The van der Waals surface area contributed by atoms with Crippen LogP contribution in [0.3, 0.4) is 0 Å². The summed E-state index contributed by atoms with van der Waals surface area (Å²) >= 11 is 0. The molecular weight excluding hydrogens is 274 g/mol. The van der Waals surface area contributed by atoms with Crippen molar-refractivity contribution in [1.82, 2.24) is 8.61 Å². The van der Waals surface area contributed by atoms with Crippen LogP contribution in [0.2, 0.25) is 0 Å². The van der Waals surface area contributed by atoms with Crippen molar-refractivity contribution in [2.45, 2.75) is 13.8 Å². The van der Waals surface area contributed by atoms with Gasteiger partial charge in [0.05, 0.1) is 0 Å². The molecule has 0 radical (unpaired) electrons. The molecular formula is C6H10N2Na2O4S2. The largest absolute Gasteiger partial charge is 1.00 e. The van der Waals surface area contributed by atoms with Crippen molar-refractivity contribution in [1.29, 1.82) is 0 Å². The van der Waals surface area contributed by atoms with E-state index in [2.05, 4.69) is 0 Å². The van der Waals surface area contributed by atoms with Gasteiger partial charge >= 0.3 is 59.1 Å². The normalized spacial score (nSPS) is 8.38. The van der Waals surface area contributed by atoms with Crippen LogP contribution in [0.15, 0.2) is 0 Å². The van der Waals surface area contributed by atoms with E-state index in [0.29, 0.717) is 0 Å². The maximum Gasteiger partial charge on any atom is 1.00 e. The third kappa shape index (κ3) is 9.29. The number of carbonyl (C=O) groups is 2. The van der Waals surface area contributed by atoms with Gasteiger partial charge in [-0.25, -0.2) is 0 Å². The fraction of sp³-hybridized carbons (Fsp3) is 0.667. The van der Waals surface area contributed by atoms with Crippen LogP contribution in [-0.2, 0) is 0 Å². The molecule has 0 aliphatic heterocycles. The van der Waals surface area contributed by atoms with Crippen molar-refractivity contribution >= 4 is 34.1 Å². The van der Waals surface area contributed by atoms with Crippen molar-refractivity contribution in [2.24, 2.45) is 0 Å². The Morgan fingerprint density at radius 2 is 1.19 bits per heavy atom. The van der Waals surface area contributed by atoms with Crippen LogP contribution in [-0.4, -0.2) is 33.9 Å². The second kappa shape index (κ2) is 12.7. The molecule has 0 aromatic rings. The summed E-state index contributed by atoms with van der Waals surface area (Å²) in [4.78, 5) is 20.8. The van der Waals surface area contributed by atoms with E-state index in [9.17, 15) is 19.8 Å². The molecule has 0 aliphatic rings. The summed E-state index contributed by atoms with van der Waals surface area (Å²) in [5.41, 5.74) is 0. The van der Waals surface area contributed by atoms with Crippen LogP contribution in [0, 0.1) is 0 Å². The first-order valence-corrected chi connectivity index (χ1v) is 5.91. The molecule has 0 spiro atoms. The number of hydrogen-bond donors (Lipinski definition) is 0. The Morgan fingerprint density at radius 1 is 0.938 bits per heavy atom. The molecule has 0 N–H and O–H groups in total. The fourth-order valence-electron chi connectivity index (χ4n) is 0.505. The van der Waals surface area contributed by atoms with Crippen LogP contribution >= 0.6 is 22.0 Å². The van der Waals surface area contributed by atoms with Gasteiger partial charge in [0, 0.05) is 35.0 Å². The minimum atomic E-state index is -1.35. The van der Waals surface area contributed by atoms with Crippen molar-refractivity contribution in [3.05, 3.63) is 0 Å². The standard InChI is InChI=1S/C6H12N2O4S2.2Na/c1-3-7(5(9)10)13-14-8(4-2)6(11)12;;/h3-4H2,1-2H3,(H,9,10)(H,11,12);;/q;2*+1/p-2. The number of rotatable bonds is 5. The maximum absolute atomic E-state index is 10.4. The number of nitrogens with zero attached hydrogens (tertiary/aromatic N) is 2. The molecule has 0 aromatic heterocycles. The Balaban J connectivity index is -0.000000845. The molecule has 10 heteroatoms. The van der Waals surface area contributed by atoms with Gasteiger partial charge < -0.3 is 19.8 Å². The molecule has 0 unspecified atom stereocenters. The Bertz CT molecular complexity index is 201. The van der Waals surface area contributed by atoms with Gasteiger partial charge in [0.25, 0.3) is 0 Å². The average molecular weight is 284 g/mol. The predicted molar refractivity (Wildman–Crippen MR) is 50.7 cm³/mol. The van der Waals surface area contributed by atoms with Crippen molar-refractivity contribution in [2.75, 3.05) is 13.1 Å². The zero-order valence-electron chi connectivity index (χ0n) is 9.76. The third-order valence-electron chi connectivity index (χ3n) is 1.19. The zero-order valence-corrected chi connectivity index (χ0v) is 15.4. The molecule has 0 saturated carbocycles. The summed E-state index contributed by atoms with van der Waals surface area (Å²) in [7, 11) is 1.57. The Hall–Kier alpha value is 1.24. The first kappa shape index (κ1) is 22.4. The van der Waals surface area contributed by atoms with E-state index in [1.54, 1.807) is 13.8 Å². The summed E-state index contributed by atoms with van der Waals surface area (Å²) < 4.78 is 1.83. The van der Waals surface area contributed by atoms with E-state index < -0.39 is 12.2 Å². The molecule has 82 valence electrons. The first-order chi connectivity index (χ1) is 6.52. The molecule has 0 bridgehead atoms. The summed E-state index contributed by atoms with van der Waals surface area (Å²) in [5.74, 6) is 0. The Kier molecular flexibility index (Phi) is 17.8. The monoisotopic (exact) mass is 284 g/mol. The molecule has 0 heterocycles. The Labute approximate surface area is 147 Å². The topological polar surface area (TPSA) is 86.7 Å². The van der Waals surface area contributed by atoms with Gasteiger partial charge in [-0.05, 0) is 13.8 Å². The molecule has 6 nitrogen and oxygen atoms in total. The van der Waals surface area contributed by atoms with E-state index in [0.717, 1.165) is 30.6 Å². The van der Waals surface area contributed by atoms with E-state index in [4.69, 9.17) is 0 Å². The summed E-state index contributed by atoms with van der Waals surface area (Å²) in [5, 5.41) is 20.8. The molecule has 0 saturated heterocycles. The van der Waals surface area contributed by atoms with Gasteiger partial charge in [0.15, 0.2) is 0 Å². The summed E-state index contributed by atoms with van der Waals surface area (Å²) in [6, 6.07) is 0. The minimum absolute atomic E-state index is 0. The molecule has 0 fully saturated rings. The van der Waals surface area contributed by atoms with Crippen LogP contribution in [0.25, 0.3) is 0 Å². The summed E-state index contributed by atoms with van der Waals surface area (Å²) in [6.07, 6.45) is -2.70. The average Bonchev–Trinajstić information content (AvgIpc) is 2.11. The fourth-order valence-corrected chi connectivity index (χ4v) is 2.48. The van der Waals surface area contributed by atoms with E-state index in [1.165, 1.54) is 0 Å². The van der Waals surface area contributed by atoms with Crippen LogP contribution in [0.5, 0.6) is 0 Å². The molecule has 16 heavy (non-hydrogen) atoms. The minimum Gasteiger partial charge on any atom is -0.529 e. The van der Waals surface area contributed by atoms with Crippen LogP contribution < -0.4 is 69.3 Å². The molecule has 0 atom stereocenters. The second-order valence-corrected chi connectivity index (χ2v) is 4.14. The van der Waals surface area contributed by atoms with Gasteiger partial charge in [-0.1, -0.05) is 0 Å². The Morgan fingerprint density at radius 3 is 1.31 bits per heavy atom. The molecule has 0 rings (SSSR count). The van der Waals surface area contributed by atoms with E-state index in [-0.39, 0.29) is 72.2 Å². The van der Waals surface area contributed by atoms with Gasteiger partial charge in [0.2, 0.25) is 0 Å². The summed E-state index contributed by atoms with van der Waals surface area (Å²) in [6.45, 7) is 3.70.